The highest BCUT2D eigenvalue weighted by atomic mass is 32.2. The zero-order valence-electron chi connectivity index (χ0n) is 17.9. The molecule has 0 N–H and O–H groups in total. The van der Waals surface area contributed by atoms with Crippen LogP contribution in [0.5, 0.6) is 5.75 Å². The number of nitrogens with zero attached hydrogens (tertiary/aromatic N) is 1. The number of benzene rings is 2. The molecule has 1 saturated carbocycles. The van der Waals surface area contributed by atoms with Gasteiger partial charge in [-0.2, -0.15) is 21.6 Å². The molecule has 0 spiro atoms. The van der Waals surface area contributed by atoms with Crippen molar-refractivity contribution in [1.82, 2.24) is 4.90 Å². The van der Waals surface area contributed by atoms with Gasteiger partial charge in [0.2, 0.25) is 5.91 Å². The van der Waals surface area contributed by atoms with Gasteiger partial charge in [0.1, 0.15) is 10.6 Å². The van der Waals surface area contributed by atoms with Crippen LogP contribution >= 0.6 is 0 Å². The second kappa shape index (κ2) is 9.52. The molecular formula is C23H26F3NO4S. The highest BCUT2D eigenvalue weighted by Crippen LogP contribution is 2.31. The Morgan fingerprint density at radius 2 is 1.72 bits per heavy atom. The first kappa shape index (κ1) is 24.1. The topological polar surface area (TPSA) is 63.7 Å². The summed E-state index contributed by atoms with van der Waals surface area (Å²) in [6, 6.07) is 9.57. The van der Waals surface area contributed by atoms with Crippen LogP contribution in [0.4, 0.5) is 13.2 Å². The van der Waals surface area contributed by atoms with Gasteiger partial charge < -0.3 is 9.08 Å². The first-order valence-corrected chi connectivity index (χ1v) is 11.9. The number of alkyl halides is 3. The lowest BCUT2D eigenvalue weighted by Crippen LogP contribution is -2.39. The Bertz CT molecular complexity index is 1040. The lowest BCUT2D eigenvalue weighted by molar-refractivity contribution is -0.138. The van der Waals surface area contributed by atoms with Gasteiger partial charge in [-0.25, -0.2) is 0 Å². The third-order valence-electron chi connectivity index (χ3n) is 5.54. The van der Waals surface area contributed by atoms with Crippen molar-refractivity contribution >= 4 is 16.0 Å². The summed E-state index contributed by atoms with van der Waals surface area (Å²) in [7, 11) is -4.43. The summed E-state index contributed by atoms with van der Waals surface area (Å²) in [5.41, 5.74) is -0.271. The monoisotopic (exact) mass is 469 g/mol. The molecule has 0 aromatic heterocycles. The standard InChI is InChI=1S/C23H26F3NO4S/c1-16(2)27(22(28)18-6-3-4-7-18)15-17-10-12-20(13-11-17)31-32(29,30)21-9-5-8-19(14-21)23(24,25)26/h5,8-14,16,18H,3-4,6-7,15H2,1-2H3. The molecule has 2 aromatic rings. The van der Waals surface area contributed by atoms with Gasteiger partial charge in [0.05, 0.1) is 5.56 Å². The minimum atomic E-state index is -4.66. The summed E-state index contributed by atoms with van der Waals surface area (Å²) in [4.78, 5) is 14.1. The van der Waals surface area contributed by atoms with E-state index in [1.165, 1.54) is 12.1 Å². The van der Waals surface area contributed by atoms with E-state index in [0.29, 0.717) is 12.6 Å². The van der Waals surface area contributed by atoms with E-state index >= 15 is 0 Å². The van der Waals surface area contributed by atoms with Crippen molar-refractivity contribution in [3.8, 4) is 5.75 Å². The Balaban J connectivity index is 1.72. The van der Waals surface area contributed by atoms with Crippen molar-refractivity contribution in [3.05, 3.63) is 59.7 Å². The van der Waals surface area contributed by atoms with Crippen molar-refractivity contribution in [2.45, 2.75) is 63.2 Å². The van der Waals surface area contributed by atoms with E-state index in [1.54, 1.807) is 12.1 Å². The van der Waals surface area contributed by atoms with Gasteiger partial charge in [0.15, 0.2) is 0 Å². The number of rotatable bonds is 7. The minimum Gasteiger partial charge on any atom is -0.379 e. The molecule has 9 heteroatoms. The number of carbonyl (C=O) groups is 1. The summed E-state index contributed by atoms with van der Waals surface area (Å²) in [6.07, 6.45) is -0.723. The molecule has 0 radical (unpaired) electrons. The first-order valence-electron chi connectivity index (χ1n) is 10.5. The van der Waals surface area contributed by atoms with Crippen LogP contribution in [0, 0.1) is 5.92 Å². The van der Waals surface area contributed by atoms with Crippen molar-refractivity contribution in [3.63, 3.8) is 0 Å². The van der Waals surface area contributed by atoms with Crippen LogP contribution in [0.2, 0.25) is 0 Å². The summed E-state index contributed by atoms with van der Waals surface area (Å²) in [5, 5.41) is 0. The van der Waals surface area contributed by atoms with Crippen LogP contribution in [-0.2, 0) is 27.6 Å². The van der Waals surface area contributed by atoms with Crippen LogP contribution in [0.25, 0.3) is 0 Å². The zero-order chi connectivity index (χ0) is 23.5. The summed E-state index contributed by atoms with van der Waals surface area (Å²) >= 11 is 0. The Kier molecular flexibility index (Phi) is 7.17. The van der Waals surface area contributed by atoms with Crippen molar-refractivity contribution in [1.29, 1.82) is 0 Å². The molecule has 2 aromatic carbocycles. The van der Waals surface area contributed by atoms with Crippen LogP contribution in [0.15, 0.2) is 53.4 Å². The molecule has 1 fully saturated rings. The maximum atomic E-state index is 12.9. The van der Waals surface area contributed by atoms with Crippen molar-refractivity contribution in [2.24, 2.45) is 5.92 Å². The molecule has 3 rings (SSSR count). The van der Waals surface area contributed by atoms with E-state index < -0.39 is 26.8 Å². The zero-order valence-corrected chi connectivity index (χ0v) is 18.7. The third kappa shape index (κ3) is 5.82. The fourth-order valence-electron chi connectivity index (χ4n) is 3.77. The van der Waals surface area contributed by atoms with E-state index in [9.17, 15) is 26.4 Å². The van der Waals surface area contributed by atoms with E-state index in [0.717, 1.165) is 49.4 Å². The molecule has 0 atom stereocenters. The summed E-state index contributed by atoms with van der Waals surface area (Å²) < 4.78 is 68.5. The molecule has 0 saturated heterocycles. The summed E-state index contributed by atoms with van der Waals surface area (Å²) in [6.45, 7) is 4.28. The molecule has 5 nitrogen and oxygen atoms in total. The second-order valence-electron chi connectivity index (χ2n) is 8.25. The van der Waals surface area contributed by atoms with Gasteiger partial charge in [-0.15, -0.1) is 0 Å². The number of hydrogen-bond acceptors (Lipinski definition) is 4. The van der Waals surface area contributed by atoms with E-state index in [-0.39, 0.29) is 23.6 Å². The predicted molar refractivity (Wildman–Crippen MR) is 113 cm³/mol. The Labute approximate surface area is 186 Å². The minimum absolute atomic E-state index is 0.0142. The van der Waals surface area contributed by atoms with Crippen LogP contribution in [-0.4, -0.2) is 25.3 Å². The van der Waals surface area contributed by atoms with Gasteiger partial charge in [0, 0.05) is 18.5 Å². The second-order valence-corrected chi connectivity index (χ2v) is 9.79. The normalized spacial score (nSPS) is 15.2. The molecule has 174 valence electrons. The SMILES string of the molecule is CC(C)N(Cc1ccc(OS(=O)(=O)c2cccc(C(F)(F)F)c2)cc1)C(=O)C1CCCC1. The molecule has 1 amide bonds. The molecule has 0 heterocycles. The highest BCUT2D eigenvalue weighted by molar-refractivity contribution is 7.87. The Morgan fingerprint density at radius 3 is 2.28 bits per heavy atom. The fraction of sp³-hybridized carbons (Fsp3) is 0.435. The van der Waals surface area contributed by atoms with Gasteiger partial charge >= 0.3 is 16.3 Å². The molecule has 1 aliphatic carbocycles. The highest BCUT2D eigenvalue weighted by Gasteiger charge is 2.32. The number of amides is 1. The van der Waals surface area contributed by atoms with Gasteiger partial charge in [-0.1, -0.05) is 31.0 Å². The van der Waals surface area contributed by atoms with E-state index in [1.807, 2.05) is 18.7 Å². The van der Waals surface area contributed by atoms with Crippen LogP contribution in [0.1, 0.15) is 50.7 Å². The Morgan fingerprint density at radius 1 is 1.09 bits per heavy atom. The van der Waals surface area contributed by atoms with Crippen molar-refractivity contribution < 1.29 is 30.6 Å². The van der Waals surface area contributed by atoms with Gasteiger partial charge in [-0.3, -0.25) is 4.79 Å². The quantitative estimate of drug-likeness (QED) is 0.510. The largest absolute Gasteiger partial charge is 0.416 e. The average molecular weight is 470 g/mol. The lowest BCUT2D eigenvalue weighted by Gasteiger charge is -2.29. The summed E-state index contributed by atoms with van der Waals surface area (Å²) in [5.74, 6) is 0.159. The maximum Gasteiger partial charge on any atom is 0.416 e. The molecule has 0 aliphatic heterocycles. The van der Waals surface area contributed by atoms with E-state index in [4.69, 9.17) is 4.18 Å². The maximum absolute atomic E-state index is 12.9. The lowest BCUT2D eigenvalue weighted by atomic mass is 10.0. The van der Waals surface area contributed by atoms with Crippen LogP contribution in [0.3, 0.4) is 0 Å². The molecule has 32 heavy (non-hydrogen) atoms. The first-order chi connectivity index (χ1) is 15.0. The van der Waals surface area contributed by atoms with Gasteiger partial charge in [-0.05, 0) is 62.6 Å². The molecule has 0 bridgehead atoms. The van der Waals surface area contributed by atoms with Gasteiger partial charge in [0.25, 0.3) is 0 Å². The number of halogens is 3. The number of carbonyl (C=O) groups excluding carboxylic acids is 1. The van der Waals surface area contributed by atoms with Crippen LogP contribution < -0.4 is 4.18 Å². The van der Waals surface area contributed by atoms with Crippen molar-refractivity contribution in [2.75, 3.05) is 0 Å². The number of hydrogen-bond donors (Lipinski definition) is 0. The fourth-order valence-corrected chi connectivity index (χ4v) is 4.75. The third-order valence-corrected chi connectivity index (χ3v) is 6.79. The Hall–Kier alpha value is -2.55. The molecular weight excluding hydrogens is 443 g/mol. The smallest absolute Gasteiger partial charge is 0.379 e. The average Bonchev–Trinajstić information content (AvgIpc) is 3.27. The molecule has 1 aliphatic rings. The predicted octanol–water partition coefficient (Wildman–Crippen LogP) is 5.40. The molecule has 0 unspecified atom stereocenters. The van der Waals surface area contributed by atoms with E-state index in [2.05, 4.69) is 0 Å².